The summed E-state index contributed by atoms with van der Waals surface area (Å²) in [7, 11) is 1.62. The van der Waals surface area contributed by atoms with Crippen molar-refractivity contribution >= 4 is 45.9 Å². The zero-order valence-electron chi connectivity index (χ0n) is 14.4. The summed E-state index contributed by atoms with van der Waals surface area (Å²) in [6, 6.07) is 15.7. The van der Waals surface area contributed by atoms with Gasteiger partial charge in [0.05, 0.1) is 18.4 Å². The number of halogens is 1. The Kier molecular flexibility index (Phi) is 4.51. The van der Waals surface area contributed by atoms with E-state index in [0.717, 1.165) is 33.5 Å². The molecule has 1 saturated heterocycles. The summed E-state index contributed by atoms with van der Waals surface area (Å²) in [6.45, 7) is 2.03. The number of rotatable bonds is 3. The third-order valence-corrected chi connectivity index (χ3v) is 5.95. The van der Waals surface area contributed by atoms with Gasteiger partial charge in [0.1, 0.15) is 16.3 Å². The molecular weight excluding hydrogens is 368 g/mol. The highest BCUT2D eigenvalue weighted by Crippen LogP contribution is 2.44. The summed E-state index contributed by atoms with van der Waals surface area (Å²) in [6.07, 6.45) is 0. The Bertz CT molecular complexity index is 991. The fourth-order valence-corrected chi connectivity index (χ4v) is 4.58. The first-order valence-corrected chi connectivity index (χ1v) is 9.64. The molecule has 2 aromatic carbocycles. The minimum absolute atomic E-state index is 0.0785. The van der Waals surface area contributed by atoms with E-state index >= 15 is 0 Å². The summed E-state index contributed by atoms with van der Waals surface area (Å²) in [5.74, 6) is 1.24. The van der Waals surface area contributed by atoms with E-state index in [-0.39, 0.29) is 11.3 Å². The normalized spacial score (nSPS) is 17.1. The lowest BCUT2D eigenvalue weighted by Gasteiger charge is -2.25. The molecule has 0 spiro atoms. The van der Waals surface area contributed by atoms with Crippen molar-refractivity contribution in [3.8, 4) is 5.75 Å². The number of anilines is 1. The van der Waals surface area contributed by atoms with Crippen LogP contribution < -0.4 is 9.64 Å². The lowest BCUT2D eigenvalue weighted by Crippen LogP contribution is -2.28. The van der Waals surface area contributed by atoms with Gasteiger partial charge in [0.15, 0.2) is 0 Å². The van der Waals surface area contributed by atoms with Crippen molar-refractivity contribution in [3.05, 3.63) is 64.8 Å². The number of hydrogen-bond donors (Lipinski definition) is 0. The van der Waals surface area contributed by atoms with Crippen LogP contribution in [0, 0.1) is 6.92 Å². The number of carbonyl (C=O) groups excluding carboxylic acids is 1. The zero-order chi connectivity index (χ0) is 18.3. The third kappa shape index (κ3) is 3.02. The van der Waals surface area contributed by atoms with Crippen molar-refractivity contribution in [1.29, 1.82) is 0 Å². The number of benzene rings is 2. The Labute approximate surface area is 161 Å². The summed E-state index contributed by atoms with van der Waals surface area (Å²) < 4.78 is 5.25. The average molecular weight is 385 g/mol. The van der Waals surface area contributed by atoms with Crippen LogP contribution in [0.15, 0.2) is 48.5 Å². The Morgan fingerprint density at radius 2 is 1.96 bits per heavy atom. The van der Waals surface area contributed by atoms with E-state index in [2.05, 4.69) is 4.98 Å². The van der Waals surface area contributed by atoms with Gasteiger partial charge in [-0.05, 0) is 37.3 Å². The van der Waals surface area contributed by atoms with Crippen molar-refractivity contribution < 1.29 is 9.53 Å². The predicted octanol–water partition coefficient (Wildman–Crippen LogP) is 4.98. The molecule has 1 amide bonds. The molecule has 26 heavy (non-hydrogen) atoms. The first kappa shape index (κ1) is 17.2. The maximum absolute atomic E-state index is 12.5. The first-order valence-electron chi connectivity index (χ1n) is 8.21. The second kappa shape index (κ2) is 6.82. The Morgan fingerprint density at radius 3 is 2.69 bits per heavy atom. The molecule has 1 aliphatic heterocycles. The highest BCUT2D eigenvalue weighted by Gasteiger charge is 2.35. The van der Waals surface area contributed by atoms with Gasteiger partial charge >= 0.3 is 0 Å². The Hall–Kier alpha value is -2.24. The van der Waals surface area contributed by atoms with Gasteiger partial charge in [0.2, 0.25) is 5.91 Å². The quantitative estimate of drug-likeness (QED) is 0.597. The molecule has 6 heteroatoms. The number of pyridine rings is 1. The monoisotopic (exact) mass is 384 g/mol. The zero-order valence-corrected chi connectivity index (χ0v) is 16.0. The molecule has 2 heterocycles. The second-order valence-electron chi connectivity index (χ2n) is 6.19. The van der Waals surface area contributed by atoms with Crippen LogP contribution in [-0.2, 0) is 4.79 Å². The number of methoxy groups -OCH3 is 1. The SMILES string of the molecule is COc1ccc2cc(C3SCC(=O)N3c3ccc(C)cc3)c(Cl)nc2c1. The number of thioether (sulfide) groups is 1. The molecular formula is C20H17ClN2O2S. The van der Waals surface area contributed by atoms with Crippen LogP contribution in [0.1, 0.15) is 16.5 Å². The van der Waals surface area contributed by atoms with E-state index < -0.39 is 0 Å². The van der Waals surface area contributed by atoms with Gasteiger partial charge < -0.3 is 4.74 Å². The largest absolute Gasteiger partial charge is 0.497 e. The fraction of sp³-hybridized carbons (Fsp3) is 0.200. The van der Waals surface area contributed by atoms with Crippen molar-refractivity contribution in [2.75, 3.05) is 17.8 Å². The molecule has 1 fully saturated rings. The fourth-order valence-electron chi connectivity index (χ4n) is 3.08. The standard InChI is InChI=1S/C20H17ClN2O2S/c1-12-3-6-14(7-4-12)23-18(24)11-26-20(23)16-9-13-5-8-15(25-2)10-17(13)22-19(16)21/h3-10,20H,11H2,1-2H3. The Balaban J connectivity index is 1.78. The van der Waals surface area contributed by atoms with Gasteiger partial charge in [-0.2, -0.15) is 0 Å². The molecule has 0 radical (unpaired) electrons. The summed E-state index contributed by atoms with van der Waals surface area (Å²) >= 11 is 8.07. The number of carbonyl (C=O) groups is 1. The molecule has 1 unspecified atom stereocenters. The summed E-state index contributed by atoms with van der Waals surface area (Å²) in [5.41, 5.74) is 3.65. The number of nitrogens with zero attached hydrogens (tertiary/aromatic N) is 2. The number of aryl methyl sites for hydroxylation is 1. The molecule has 4 nitrogen and oxygen atoms in total. The van der Waals surface area contributed by atoms with Gasteiger partial charge in [-0.25, -0.2) is 4.98 Å². The van der Waals surface area contributed by atoms with Crippen LogP contribution in [0.25, 0.3) is 10.9 Å². The van der Waals surface area contributed by atoms with E-state index in [1.165, 1.54) is 0 Å². The Morgan fingerprint density at radius 1 is 1.19 bits per heavy atom. The van der Waals surface area contributed by atoms with Crippen LogP contribution in [0.2, 0.25) is 5.15 Å². The molecule has 1 atom stereocenters. The molecule has 0 N–H and O–H groups in total. The third-order valence-electron chi connectivity index (χ3n) is 4.45. The van der Waals surface area contributed by atoms with Crippen LogP contribution in [0.4, 0.5) is 5.69 Å². The second-order valence-corrected chi connectivity index (χ2v) is 7.62. The lowest BCUT2D eigenvalue weighted by molar-refractivity contribution is -0.115. The lowest BCUT2D eigenvalue weighted by atomic mass is 10.1. The van der Waals surface area contributed by atoms with E-state index in [9.17, 15) is 4.79 Å². The molecule has 0 saturated carbocycles. The van der Waals surface area contributed by atoms with Gasteiger partial charge in [-0.1, -0.05) is 29.3 Å². The van der Waals surface area contributed by atoms with E-state index in [1.807, 2.05) is 60.4 Å². The number of amides is 1. The van der Waals surface area contributed by atoms with Crippen LogP contribution in [-0.4, -0.2) is 23.8 Å². The first-order chi connectivity index (χ1) is 12.6. The van der Waals surface area contributed by atoms with E-state index in [1.54, 1.807) is 18.9 Å². The summed E-state index contributed by atoms with van der Waals surface area (Å²) in [5, 5.41) is 1.20. The van der Waals surface area contributed by atoms with Crippen LogP contribution in [0.5, 0.6) is 5.75 Å². The molecule has 3 aromatic rings. The molecule has 132 valence electrons. The smallest absolute Gasteiger partial charge is 0.238 e. The molecule has 1 aliphatic rings. The molecule has 0 bridgehead atoms. The maximum atomic E-state index is 12.5. The highest BCUT2D eigenvalue weighted by molar-refractivity contribution is 8.00. The molecule has 1 aromatic heterocycles. The molecule has 0 aliphatic carbocycles. The van der Waals surface area contributed by atoms with E-state index in [0.29, 0.717) is 10.9 Å². The molecule has 4 rings (SSSR count). The number of fused-ring (bicyclic) bond motifs is 1. The van der Waals surface area contributed by atoms with Crippen molar-refractivity contribution in [2.45, 2.75) is 12.3 Å². The summed E-state index contributed by atoms with van der Waals surface area (Å²) in [4.78, 5) is 18.9. The average Bonchev–Trinajstić information content (AvgIpc) is 3.02. The maximum Gasteiger partial charge on any atom is 0.238 e. The topological polar surface area (TPSA) is 42.4 Å². The highest BCUT2D eigenvalue weighted by atomic mass is 35.5. The number of aromatic nitrogens is 1. The number of hydrogen-bond acceptors (Lipinski definition) is 4. The predicted molar refractivity (Wildman–Crippen MR) is 107 cm³/mol. The van der Waals surface area contributed by atoms with Crippen LogP contribution >= 0.6 is 23.4 Å². The van der Waals surface area contributed by atoms with Gasteiger partial charge in [0, 0.05) is 22.7 Å². The minimum Gasteiger partial charge on any atom is -0.497 e. The van der Waals surface area contributed by atoms with E-state index in [4.69, 9.17) is 16.3 Å². The van der Waals surface area contributed by atoms with Crippen molar-refractivity contribution in [3.63, 3.8) is 0 Å². The van der Waals surface area contributed by atoms with Gasteiger partial charge in [0.25, 0.3) is 0 Å². The van der Waals surface area contributed by atoms with Gasteiger partial charge in [-0.15, -0.1) is 11.8 Å². The van der Waals surface area contributed by atoms with Crippen molar-refractivity contribution in [1.82, 2.24) is 4.98 Å². The number of ether oxygens (including phenoxy) is 1. The van der Waals surface area contributed by atoms with Gasteiger partial charge in [-0.3, -0.25) is 9.69 Å². The van der Waals surface area contributed by atoms with Crippen LogP contribution in [0.3, 0.4) is 0 Å². The minimum atomic E-state index is -0.184. The van der Waals surface area contributed by atoms with Crippen molar-refractivity contribution in [2.24, 2.45) is 0 Å².